The van der Waals surface area contributed by atoms with Crippen molar-refractivity contribution in [2.24, 2.45) is 0 Å². The Morgan fingerprint density at radius 1 is 1.03 bits per heavy atom. The van der Waals surface area contributed by atoms with Gasteiger partial charge in [0.15, 0.2) is 5.82 Å². The van der Waals surface area contributed by atoms with Crippen LogP contribution in [0.3, 0.4) is 0 Å². The Morgan fingerprint density at radius 3 is 2.35 bits per heavy atom. The van der Waals surface area contributed by atoms with Crippen molar-refractivity contribution < 1.29 is 36.6 Å². The largest absolute Gasteiger partial charge is 0.490 e. The molecule has 0 saturated carbocycles. The lowest BCUT2D eigenvalue weighted by molar-refractivity contribution is -0.202. The molecule has 0 fully saturated rings. The average molecular weight is 477 g/mol. The molecule has 0 saturated heterocycles. The maximum atomic E-state index is 14.1. The Balaban J connectivity index is 1.69. The number of nitrogens with one attached hydrogen (secondary N) is 2. The van der Waals surface area contributed by atoms with E-state index < -0.39 is 35.5 Å². The molecule has 0 atom stereocenters. The number of carboxylic acids is 1. The van der Waals surface area contributed by atoms with Gasteiger partial charge in [-0.05, 0) is 42.5 Å². The number of anilines is 1. The highest BCUT2D eigenvalue weighted by Crippen LogP contribution is 2.35. The molecule has 34 heavy (non-hydrogen) atoms. The highest BCUT2D eigenvalue weighted by molar-refractivity contribution is 6.03. The number of aromatic carboxylic acids is 1. The molecule has 3 N–H and O–H groups in total. The molecule has 0 aliphatic heterocycles. The lowest BCUT2D eigenvalue weighted by atomic mass is 10.1. The Labute approximate surface area is 186 Å². The van der Waals surface area contributed by atoms with Gasteiger partial charge in [-0.25, -0.2) is 28.1 Å². The number of hydrogen-bond donors (Lipinski definition) is 3. The maximum absolute atomic E-state index is 14.1. The number of imidazole rings is 2. The predicted molar refractivity (Wildman–Crippen MR) is 108 cm³/mol. The fourth-order valence-corrected chi connectivity index (χ4v) is 3.08. The van der Waals surface area contributed by atoms with E-state index >= 15 is 0 Å². The van der Waals surface area contributed by atoms with Crippen molar-refractivity contribution in [1.82, 2.24) is 19.5 Å². The van der Waals surface area contributed by atoms with Crippen molar-refractivity contribution in [3.8, 4) is 22.8 Å². The van der Waals surface area contributed by atoms with Crippen molar-refractivity contribution in [3.63, 3.8) is 0 Å². The first-order valence-electron chi connectivity index (χ1n) is 9.34. The van der Waals surface area contributed by atoms with E-state index in [1.54, 1.807) is 0 Å². The standard InChI is InChI=1S/C21H12F5N5O3/c22-12-4-1-10(2-5-12)16-17(31(9-28-16)21(24,25)26)18-27-8-15(29-18)19(32)30-14-6-3-11(20(33)34)7-13(14)23/h1-9H,(H,27,29)(H,30,32)(H,33,34). The quantitative estimate of drug-likeness (QED) is 0.363. The molecule has 4 aromatic rings. The fraction of sp³-hybridized carbons (Fsp3) is 0.0476. The monoisotopic (exact) mass is 477 g/mol. The highest BCUT2D eigenvalue weighted by atomic mass is 19.4. The molecule has 1 amide bonds. The molecule has 0 aliphatic carbocycles. The summed E-state index contributed by atoms with van der Waals surface area (Å²) in [6.07, 6.45) is -3.42. The van der Waals surface area contributed by atoms with E-state index in [0.717, 1.165) is 30.5 Å². The normalized spacial score (nSPS) is 11.4. The van der Waals surface area contributed by atoms with Gasteiger partial charge in [0, 0.05) is 5.56 Å². The van der Waals surface area contributed by atoms with Crippen molar-refractivity contribution in [2.75, 3.05) is 5.32 Å². The number of carbonyl (C=O) groups excluding carboxylic acids is 1. The van der Waals surface area contributed by atoms with Crippen LogP contribution in [0.25, 0.3) is 22.8 Å². The van der Waals surface area contributed by atoms with Crippen LogP contribution >= 0.6 is 0 Å². The molecule has 13 heteroatoms. The SMILES string of the molecule is O=C(O)c1ccc(NC(=O)c2cnc(-c3c(-c4ccc(F)cc4)ncn3C(F)(F)F)[nH]2)c(F)c1. The minimum atomic E-state index is -4.88. The van der Waals surface area contributed by atoms with Crippen LogP contribution in [0.2, 0.25) is 0 Å². The van der Waals surface area contributed by atoms with Crippen molar-refractivity contribution >= 4 is 17.6 Å². The molecule has 0 spiro atoms. The molecule has 2 aromatic carbocycles. The summed E-state index contributed by atoms with van der Waals surface area (Å²) < 4.78 is 68.0. The van der Waals surface area contributed by atoms with E-state index in [2.05, 4.69) is 20.3 Å². The molecular weight excluding hydrogens is 465 g/mol. The fourth-order valence-electron chi connectivity index (χ4n) is 3.08. The van der Waals surface area contributed by atoms with Gasteiger partial charge < -0.3 is 15.4 Å². The zero-order valence-electron chi connectivity index (χ0n) is 16.7. The van der Waals surface area contributed by atoms with Gasteiger partial charge in [-0.2, -0.15) is 0 Å². The highest BCUT2D eigenvalue weighted by Gasteiger charge is 2.36. The number of benzene rings is 2. The molecule has 0 radical (unpaired) electrons. The first-order valence-corrected chi connectivity index (χ1v) is 9.34. The summed E-state index contributed by atoms with van der Waals surface area (Å²) in [6.45, 7) is 0. The van der Waals surface area contributed by atoms with Crippen LogP contribution in [0.4, 0.5) is 27.6 Å². The Hall–Kier alpha value is -4.55. The maximum Gasteiger partial charge on any atom is 0.490 e. The van der Waals surface area contributed by atoms with Crippen molar-refractivity contribution in [2.45, 2.75) is 6.30 Å². The van der Waals surface area contributed by atoms with Crippen LogP contribution in [-0.4, -0.2) is 36.5 Å². The molecule has 174 valence electrons. The minimum absolute atomic E-state index is 0.115. The van der Waals surface area contributed by atoms with E-state index in [9.17, 15) is 31.5 Å². The number of hydrogen-bond acceptors (Lipinski definition) is 4. The lowest BCUT2D eigenvalue weighted by Crippen LogP contribution is -2.17. The summed E-state index contributed by atoms with van der Waals surface area (Å²) in [5.41, 5.74) is -1.53. The Kier molecular flexibility index (Phi) is 5.61. The molecule has 8 nitrogen and oxygen atoms in total. The average Bonchev–Trinajstić information content (AvgIpc) is 3.42. The van der Waals surface area contributed by atoms with E-state index in [4.69, 9.17) is 5.11 Å². The predicted octanol–water partition coefficient (Wildman–Crippen LogP) is 4.65. The molecule has 0 unspecified atom stereocenters. The Morgan fingerprint density at radius 2 is 1.74 bits per heavy atom. The lowest BCUT2D eigenvalue weighted by Gasteiger charge is -2.11. The zero-order valence-corrected chi connectivity index (χ0v) is 16.7. The Bertz CT molecular complexity index is 1390. The van der Waals surface area contributed by atoms with E-state index in [1.807, 2.05) is 0 Å². The van der Waals surface area contributed by atoms with Crippen LogP contribution in [0.1, 0.15) is 20.8 Å². The van der Waals surface area contributed by atoms with Crippen LogP contribution < -0.4 is 5.32 Å². The number of rotatable bonds is 5. The van der Waals surface area contributed by atoms with Gasteiger partial charge in [0.05, 0.1) is 23.1 Å². The first kappa shape index (κ1) is 22.6. The van der Waals surface area contributed by atoms with Gasteiger partial charge in [-0.15, -0.1) is 13.2 Å². The van der Waals surface area contributed by atoms with Crippen LogP contribution in [0.15, 0.2) is 55.0 Å². The van der Waals surface area contributed by atoms with Gasteiger partial charge in [-0.1, -0.05) is 0 Å². The van der Waals surface area contributed by atoms with Crippen molar-refractivity contribution in [1.29, 1.82) is 0 Å². The van der Waals surface area contributed by atoms with Gasteiger partial charge in [-0.3, -0.25) is 4.79 Å². The topological polar surface area (TPSA) is 113 Å². The summed E-state index contributed by atoms with van der Waals surface area (Å²) in [6, 6.07) is 7.38. The number of H-pyrrole nitrogens is 1. The summed E-state index contributed by atoms with van der Waals surface area (Å²) >= 11 is 0. The van der Waals surface area contributed by atoms with E-state index in [0.29, 0.717) is 12.4 Å². The second-order valence-corrected chi connectivity index (χ2v) is 6.89. The van der Waals surface area contributed by atoms with Crippen molar-refractivity contribution in [3.05, 3.63) is 77.9 Å². The number of carbonyl (C=O) groups is 2. The van der Waals surface area contributed by atoms with Gasteiger partial charge in [0.1, 0.15) is 29.3 Å². The third-order valence-electron chi connectivity index (χ3n) is 4.67. The second-order valence-electron chi connectivity index (χ2n) is 6.89. The molecular formula is C21H12F5N5O3. The first-order chi connectivity index (χ1) is 16.0. The number of alkyl halides is 3. The number of amides is 1. The summed E-state index contributed by atoms with van der Waals surface area (Å²) in [4.78, 5) is 33.4. The van der Waals surface area contributed by atoms with E-state index in [1.165, 1.54) is 12.1 Å². The number of aromatic nitrogens is 4. The van der Waals surface area contributed by atoms with E-state index in [-0.39, 0.29) is 38.6 Å². The van der Waals surface area contributed by atoms with Crippen LogP contribution in [0.5, 0.6) is 0 Å². The number of nitrogens with zero attached hydrogens (tertiary/aromatic N) is 3. The third kappa shape index (κ3) is 4.35. The van der Waals surface area contributed by atoms with Gasteiger partial charge in [0.25, 0.3) is 5.91 Å². The summed E-state index contributed by atoms with van der Waals surface area (Å²) in [5, 5.41) is 11.1. The third-order valence-corrected chi connectivity index (χ3v) is 4.67. The molecule has 4 rings (SSSR count). The summed E-state index contributed by atoms with van der Waals surface area (Å²) in [5.74, 6) is -4.31. The van der Waals surface area contributed by atoms with Gasteiger partial charge >= 0.3 is 12.3 Å². The smallest absolute Gasteiger partial charge is 0.478 e. The summed E-state index contributed by atoms with van der Waals surface area (Å²) in [7, 11) is 0. The van der Waals surface area contributed by atoms with Gasteiger partial charge in [0.2, 0.25) is 0 Å². The minimum Gasteiger partial charge on any atom is -0.478 e. The molecule has 0 aliphatic rings. The van der Waals surface area contributed by atoms with Crippen LogP contribution in [-0.2, 0) is 6.30 Å². The van der Waals surface area contributed by atoms with Crippen LogP contribution in [0, 0.1) is 11.6 Å². The molecule has 0 bridgehead atoms. The number of carboxylic acid groups (broad SMARTS) is 1. The molecule has 2 aromatic heterocycles. The zero-order chi connectivity index (χ0) is 24.6. The molecule has 2 heterocycles. The number of aromatic amines is 1. The number of halogens is 5. The second kappa shape index (κ2) is 8.42.